The Morgan fingerprint density at radius 1 is 0.818 bits per heavy atom. The lowest BCUT2D eigenvalue weighted by Crippen LogP contribution is -2.53. The fourth-order valence-corrected chi connectivity index (χ4v) is 6.82. The fourth-order valence-electron chi connectivity index (χ4n) is 5.00. The van der Waals surface area contributed by atoms with E-state index in [0.717, 1.165) is 15.4 Å². The first-order chi connectivity index (χ1) is 21.0. The molecule has 2 amide bonds. The van der Waals surface area contributed by atoms with Crippen molar-refractivity contribution >= 4 is 50.7 Å². The Bertz CT molecular complexity index is 1720. The third-order valence-electron chi connectivity index (χ3n) is 7.19. The minimum Gasteiger partial charge on any atom is -0.355 e. The van der Waals surface area contributed by atoms with Crippen molar-refractivity contribution in [2.45, 2.75) is 44.7 Å². The van der Waals surface area contributed by atoms with Crippen molar-refractivity contribution in [3.05, 3.63) is 129 Å². The molecule has 4 aromatic carbocycles. The van der Waals surface area contributed by atoms with Gasteiger partial charge in [-0.25, -0.2) is 8.42 Å². The lowest BCUT2D eigenvalue weighted by atomic mass is 10.0. The standard InChI is InChI=1S/C34H35Cl2N3O4S/c1-4-37-34(41)32(21-26-11-7-5-8-12-26)38(22-27-16-17-29(35)30(36)20-27)33(40)23-39(31-18-15-24(2)19-25(31)3)44(42,43)28-13-9-6-10-14-28/h5-20,32H,4,21-23H2,1-3H3,(H,37,41)/t32-/m1/s1. The maximum absolute atomic E-state index is 14.5. The molecule has 4 rings (SSSR count). The first-order valence-corrected chi connectivity index (χ1v) is 16.4. The van der Waals surface area contributed by atoms with Crippen molar-refractivity contribution in [2.75, 3.05) is 17.4 Å². The number of nitrogens with zero attached hydrogens (tertiary/aromatic N) is 2. The molecule has 1 N–H and O–H groups in total. The molecule has 0 spiro atoms. The lowest BCUT2D eigenvalue weighted by molar-refractivity contribution is -0.140. The smallest absolute Gasteiger partial charge is 0.264 e. The van der Waals surface area contributed by atoms with E-state index in [1.807, 2.05) is 43.3 Å². The predicted octanol–water partition coefficient (Wildman–Crippen LogP) is 6.58. The van der Waals surface area contributed by atoms with Gasteiger partial charge in [-0.15, -0.1) is 0 Å². The number of halogens is 2. The molecule has 0 saturated carbocycles. The number of rotatable bonds is 12. The Morgan fingerprint density at radius 2 is 1.48 bits per heavy atom. The summed E-state index contributed by atoms with van der Waals surface area (Å²) >= 11 is 12.5. The van der Waals surface area contributed by atoms with Crippen LogP contribution in [0.5, 0.6) is 0 Å². The zero-order valence-electron chi connectivity index (χ0n) is 24.8. The minimum atomic E-state index is -4.17. The van der Waals surface area contributed by atoms with E-state index in [1.54, 1.807) is 62.4 Å². The number of anilines is 1. The minimum absolute atomic E-state index is 0.00351. The first kappa shape index (κ1) is 33.1. The molecule has 0 saturated heterocycles. The Hall–Kier alpha value is -3.85. The zero-order chi connectivity index (χ0) is 31.9. The van der Waals surface area contributed by atoms with Gasteiger partial charge in [0, 0.05) is 19.5 Å². The molecular formula is C34H35Cl2N3O4S. The van der Waals surface area contributed by atoms with Gasteiger partial charge in [0.15, 0.2) is 0 Å². The molecular weight excluding hydrogens is 617 g/mol. The van der Waals surface area contributed by atoms with Crippen LogP contribution >= 0.6 is 23.2 Å². The quantitative estimate of drug-likeness (QED) is 0.187. The molecule has 0 radical (unpaired) electrons. The maximum Gasteiger partial charge on any atom is 0.264 e. The van der Waals surface area contributed by atoms with Gasteiger partial charge in [0.1, 0.15) is 12.6 Å². The third kappa shape index (κ3) is 8.00. The molecule has 0 aliphatic carbocycles. The summed E-state index contributed by atoms with van der Waals surface area (Å²) in [6.07, 6.45) is 0.217. The van der Waals surface area contributed by atoms with Crippen molar-refractivity contribution in [3.63, 3.8) is 0 Å². The van der Waals surface area contributed by atoms with Crippen LogP contribution < -0.4 is 9.62 Å². The number of carbonyl (C=O) groups excluding carboxylic acids is 2. The molecule has 0 heterocycles. The Kier molecular flexibility index (Phi) is 11.1. The van der Waals surface area contributed by atoms with Crippen LogP contribution in [-0.2, 0) is 32.6 Å². The van der Waals surface area contributed by atoms with Crippen LogP contribution in [0.3, 0.4) is 0 Å². The summed E-state index contributed by atoms with van der Waals surface area (Å²) in [6, 6.07) is 26.8. The number of likely N-dealkylation sites (N-methyl/N-ethyl adjacent to an activating group) is 1. The molecule has 1 atom stereocenters. The number of hydrogen-bond donors (Lipinski definition) is 1. The van der Waals surface area contributed by atoms with Crippen molar-refractivity contribution in [1.82, 2.24) is 10.2 Å². The molecule has 0 fully saturated rings. The Labute approximate surface area is 269 Å². The average molecular weight is 653 g/mol. The highest BCUT2D eigenvalue weighted by Crippen LogP contribution is 2.29. The second-order valence-corrected chi connectivity index (χ2v) is 13.2. The van der Waals surface area contributed by atoms with Gasteiger partial charge in [-0.05, 0) is 67.8 Å². The molecule has 0 aliphatic rings. The number of nitrogens with one attached hydrogen (secondary N) is 1. The van der Waals surface area contributed by atoms with Crippen LogP contribution in [0.2, 0.25) is 10.0 Å². The van der Waals surface area contributed by atoms with Gasteiger partial charge in [-0.3, -0.25) is 13.9 Å². The van der Waals surface area contributed by atoms with Crippen molar-refractivity contribution in [3.8, 4) is 0 Å². The largest absolute Gasteiger partial charge is 0.355 e. The number of hydrogen-bond acceptors (Lipinski definition) is 4. The highest BCUT2D eigenvalue weighted by Gasteiger charge is 2.35. The molecule has 7 nitrogen and oxygen atoms in total. The first-order valence-electron chi connectivity index (χ1n) is 14.2. The summed E-state index contributed by atoms with van der Waals surface area (Å²) in [7, 11) is -4.17. The van der Waals surface area contributed by atoms with Gasteiger partial charge >= 0.3 is 0 Å². The van der Waals surface area contributed by atoms with E-state index < -0.39 is 28.5 Å². The van der Waals surface area contributed by atoms with Crippen LogP contribution in [0.4, 0.5) is 5.69 Å². The number of benzene rings is 4. The molecule has 0 aromatic heterocycles. The fraction of sp³-hybridized carbons (Fsp3) is 0.235. The summed E-state index contributed by atoms with van der Waals surface area (Å²) in [5, 5.41) is 3.51. The van der Waals surface area contributed by atoms with E-state index in [1.165, 1.54) is 17.0 Å². The third-order valence-corrected chi connectivity index (χ3v) is 9.70. The predicted molar refractivity (Wildman–Crippen MR) is 177 cm³/mol. The number of aryl methyl sites for hydroxylation is 2. The molecule has 0 bridgehead atoms. The van der Waals surface area contributed by atoms with E-state index in [4.69, 9.17) is 23.2 Å². The van der Waals surface area contributed by atoms with Crippen molar-refractivity contribution in [2.24, 2.45) is 0 Å². The van der Waals surface area contributed by atoms with Crippen LogP contribution in [0.25, 0.3) is 0 Å². The summed E-state index contributed by atoms with van der Waals surface area (Å²) in [6.45, 7) is 5.34. The summed E-state index contributed by atoms with van der Waals surface area (Å²) in [5.74, 6) is -0.906. The molecule has 0 aliphatic heterocycles. The highest BCUT2D eigenvalue weighted by atomic mass is 35.5. The van der Waals surface area contributed by atoms with Gasteiger partial charge in [-0.2, -0.15) is 0 Å². The molecule has 0 unspecified atom stereocenters. The van der Waals surface area contributed by atoms with Crippen molar-refractivity contribution in [1.29, 1.82) is 0 Å². The van der Waals surface area contributed by atoms with Gasteiger partial charge in [-0.1, -0.05) is 95.5 Å². The van der Waals surface area contributed by atoms with E-state index >= 15 is 0 Å². The van der Waals surface area contributed by atoms with Gasteiger partial charge < -0.3 is 10.2 Å². The number of carbonyl (C=O) groups is 2. The second-order valence-electron chi connectivity index (χ2n) is 10.5. The Morgan fingerprint density at radius 3 is 2.09 bits per heavy atom. The molecule has 4 aromatic rings. The number of amides is 2. The van der Waals surface area contributed by atoms with Crippen LogP contribution in [0, 0.1) is 13.8 Å². The summed E-state index contributed by atoms with van der Waals surface area (Å²) < 4.78 is 29.3. The zero-order valence-corrected chi connectivity index (χ0v) is 27.2. The van der Waals surface area contributed by atoms with Crippen LogP contribution in [0.1, 0.15) is 29.2 Å². The van der Waals surface area contributed by atoms with Gasteiger partial charge in [0.2, 0.25) is 11.8 Å². The molecule has 44 heavy (non-hydrogen) atoms. The van der Waals surface area contributed by atoms with E-state index in [-0.39, 0.29) is 23.8 Å². The monoisotopic (exact) mass is 651 g/mol. The van der Waals surface area contributed by atoms with Crippen LogP contribution in [-0.4, -0.2) is 44.3 Å². The average Bonchev–Trinajstić information content (AvgIpc) is 3.00. The topological polar surface area (TPSA) is 86.8 Å². The lowest BCUT2D eigenvalue weighted by Gasteiger charge is -2.34. The molecule has 10 heteroatoms. The summed E-state index contributed by atoms with van der Waals surface area (Å²) in [4.78, 5) is 29.5. The highest BCUT2D eigenvalue weighted by molar-refractivity contribution is 7.92. The normalized spacial score (nSPS) is 11.9. The molecule has 230 valence electrons. The summed E-state index contributed by atoms with van der Waals surface area (Å²) in [5.41, 5.74) is 3.51. The van der Waals surface area contributed by atoms with Gasteiger partial charge in [0.25, 0.3) is 10.0 Å². The number of sulfonamides is 1. The maximum atomic E-state index is 14.5. The van der Waals surface area contributed by atoms with E-state index in [2.05, 4.69) is 5.32 Å². The Balaban J connectivity index is 1.82. The van der Waals surface area contributed by atoms with E-state index in [0.29, 0.717) is 33.4 Å². The second kappa shape index (κ2) is 14.8. The van der Waals surface area contributed by atoms with E-state index in [9.17, 15) is 18.0 Å². The van der Waals surface area contributed by atoms with Crippen molar-refractivity contribution < 1.29 is 18.0 Å². The van der Waals surface area contributed by atoms with Crippen LogP contribution in [0.15, 0.2) is 102 Å². The SMILES string of the molecule is CCNC(=O)[C@@H](Cc1ccccc1)N(Cc1ccc(Cl)c(Cl)c1)C(=O)CN(c1ccc(C)cc1C)S(=O)(=O)c1ccccc1. The van der Waals surface area contributed by atoms with Gasteiger partial charge in [0.05, 0.1) is 20.6 Å².